The van der Waals surface area contributed by atoms with Gasteiger partial charge in [0, 0.05) is 19.5 Å². The van der Waals surface area contributed by atoms with Gasteiger partial charge in [0.25, 0.3) is 5.91 Å². The van der Waals surface area contributed by atoms with Crippen LogP contribution in [-0.2, 0) is 29.1 Å². The number of ether oxygens (including phenoxy) is 2. The van der Waals surface area contributed by atoms with E-state index in [0.717, 1.165) is 12.8 Å². The molecule has 45 heavy (non-hydrogen) atoms. The first kappa shape index (κ1) is 32.3. The second kappa shape index (κ2) is 12.3. The van der Waals surface area contributed by atoms with Gasteiger partial charge in [-0.25, -0.2) is 13.2 Å². The fourth-order valence-corrected chi connectivity index (χ4v) is 7.47. The lowest BCUT2D eigenvalue weighted by molar-refractivity contribution is -0.140. The average molecular weight is 642 g/mol. The van der Waals surface area contributed by atoms with Crippen LogP contribution in [0.1, 0.15) is 63.9 Å². The van der Waals surface area contributed by atoms with Crippen molar-refractivity contribution in [2.24, 2.45) is 17.8 Å². The number of carbonyl (C=O) groups excluding carboxylic acids is 4. The summed E-state index contributed by atoms with van der Waals surface area (Å²) >= 11 is 0. The van der Waals surface area contributed by atoms with Gasteiger partial charge in [-0.05, 0) is 76.5 Å². The van der Waals surface area contributed by atoms with E-state index in [1.165, 1.54) is 25.3 Å². The number of methoxy groups -OCH3 is 1. The normalized spacial score (nSPS) is 29.9. The minimum absolute atomic E-state index is 0.0213. The first-order chi connectivity index (χ1) is 21.3. The molecule has 242 valence electrons. The second-order valence-electron chi connectivity index (χ2n) is 12.7. The van der Waals surface area contributed by atoms with Gasteiger partial charge in [0.05, 0.1) is 41.0 Å². The van der Waals surface area contributed by atoms with Gasteiger partial charge >= 0.3 is 6.09 Å². The SMILES string of the molecule is COc1ccc(C#N)cc1NC(=O)O[C@@H]1C[C@H]2C(=O)N[C@]3(C(=O)NS(=O)(=O)C4(C)CC4)C[C@H]3/C=C\CCCCN(C)C(=O)[C@@H]2C1. The molecule has 3 fully saturated rings. The van der Waals surface area contributed by atoms with Crippen molar-refractivity contribution in [1.82, 2.24) is 14.9 Å². The Kier molecular flexibility index (Phi) is 8.86. The number of nitrogens with one attached hydrogen (secondary N) is 3. The predicted molar refractivity (Wildman–Crippen MR) is 162 cm³/mol. The molecule has 0 spiro atoms. The van der Waals surface area contributed by atoms with Crippen LogP contribution >= 0.6 is 0 Å². The molecule has 0 unspecified atom stereocenters. The minimum Gasteiger partial charge on any atom is -0.495 e. The molecule has 4 aliphatic rings. The third-order valence-corrected chi connectivity index (χ3v) is 11.6. The van der Waals surface area contributed by atoms with Crippen LogP contribution < -0.4 is 20.1 Å². The number of hydrogen-bond acceptors (Lipinski definition) is 9. The van der Waals surface area contributed by atoms with E-state index in [9.17, 15) is 32.9 Å². The number of rotatable bonds is 6. The molecule has 14 heteroatoms. The zero-order valence-electron chi connectivity index (χ0n) is 25.6. The number of nitriles is 1. The third-order valence-electron chi connectivity index (χ3n) is 9.47. The molecule has 1 aromatic carbocycles. The lowest BCUT2D eigenvalue weighted by Gasteiger charge is -2.27. The largest absolute Gasteiger partial charge is 0.495 e. The van der Waals surface area contributed by atoms with Crippen molar-refractivity contribution in [3.05, 3.63) is 35.9 Å². The molecule has 13 nitrogen and oxygen atoms in total. The van der Waals surface area contributed by atoms with Crippen LogP contribution in [-0.4, -0.2) is 74.2 Å². The van der Waals surface area contributed by atoms with Gasteiger partial charge in [-0.1, -0.05) is 12.2 Å². The van der Waals surface area contributed by atoms with Crippen molar-refractivity contribution < 1.29 is 37.1 Å². The molecule has 0 radical (unpaired) electrons. The summed E-state index contributed by atoms with van der Waals surface area (Å²) in [5.74, 6) is -3.47. The van der Waals surface area contributed by atoms with Crippen LogP contribution in [0, 0.1) is 29.1 Å². The molecule has 1 heterocycles. The standard InChI is InChI=1S/C31H39N5O8S/c1-30(11-12-30)45(41,42)35-28(39)31-17-20(31)8-6-4-5-7-13-36(2)27(38)23-16-21(15-22(23)26(37)34-31)44-29(40)33-24-14-19(18-32)9-10-25(24)43-3/h6,8-10,14,20-23H,4-5,7,11-13,15-17H2,1-3H3,(H,33,40)(H,34,37)(H,35,39)/b8-6-/t20-,21-,22-,23-,31-/m1/s1. The van der Waals surface area contributed by atoms with E-state index < -0.39 is 62.1 Å². The van der Waals surface area contributed by atoms with Crippen molar-refractivity contribution in [3.63, 3.8) is 0 Å². The summed E-state index contributed by atoms with van der Waals surface area (Å²) in [6.07, 6.45) is 5.59. The number of allylic oxidation sites excluding steroid dienone is 1. The first-order valence-corrected chi connectivity index (χ1v) is 16.7. The maximum absolute atomic E-state index is 13.9. The molecule has 4 amide bonds. The Labute approximate surface area is 262 Å². The Bertz CT molecular complexity index is 1570. The van der Waals surface area contributed by atoms with Gasteiger partial charge in [0.1, 0.15) is 17.4 Å². The Morgan fingerprint density at radius 3 is 2.58 bits per heavy atom. The number of nitrogens with zero attached hydrogens (tertiary/aromatic N) is 2. The maximum atomic E-state index is 13.9. The molecule has 1 aromatic rings. The highest BCUT2D eigenvalue weighted by molar-refractivity contribution is 7.91. The molecule has 5 atom stereocenters. The summed E-state index contributed by atoms with van der Waals surface area (Å²) in [4.78, 5) is 55.5. The van der Waals surface area contributed by atoms with Gasteiger partial charge < -0.3 is 19.7 Å². The zero-order chi connectivity index (χ0) is 32.6. The highest BCUT2D eigenvalue weighted by Gasteiger charge is 2.63. The Morgan fingerprint density at radius 1 is 1.16 bits per heavy atom. The fourth-order valence-electron chi connectivity index (χ4n) is 6.16. The van der Waals surface area contributed by atoms with Crippen molar-refractivity contribution in [1.29, 1.82) is 5.26 Å². The number of amides is 4. The molecule has 3 N–H and O–H groups in total. The topological polar surface area (TPSA) is 184 Å². The van der Waals surface area contributed by atoms with Gasteiger partial charge in [0.2, 0.25) is 21.8 Å². The molecule has 1 aliphatic heterocycles. The van der Waals surface area contributed by atoms with Gasteiger partial charge in [-0.2, -0.15) is 5.26 Å². The summed E-state index contributed by atoms with van der Waals surface area (Å²) < 4.78 is 37.9. The molecule has 0 aromatic heterocycles. The number of benzene rings is 1. The van der Waals surface area contributed by atoms with Gasteiger partial charge in [0.15, 0.2) is 0 Å². The Hall–Kier alpha value is -4.12. The fraction of sp³-hybridized carbons (Fsp3) is 0.581. The lowest BCUT2D eigenvalue weighted by Crippen LogP contribution is -2.55. The van der Waals surface area contributed by atoms with Crippen molar-refractivity contribution in [3.8, 4) is 11.8 Å². The molecule has 3 aliphatic carbocycles. The van der Waals surface area contributed by atoms with Crippen LogP contribution in [0.3, 0.4) is 0 Å². The summed E-state index contributed by atoms with van der Waals surface area (Å²) in [7, 11) is -0.856. The zero-order valence-corrected chi connectivity index (χ0v) is 26.4. The summed E-state index contributed by atoms with van der Waals surface area (Å²) in [5, 5.41) is 14.6. The molecular formula is C31H39N5O8S. The molecule has 3 saturated carbocycles. The summed E-state index contributed by atoms with van der Waals surface area (Å²) in [5.41, 5.74) is -0.942. The van der Waals surface area contributed by atoms with E-state index in [4.69, 9.17) is 9.47 Å². The average Bonchev–Trinajstić information content (AvgIpc) is 3.88. The van der Waals surface area contributed by atoms with Crippen LogP contribution in [0.4, 0.5) is 10.5 Å². The van der Waals surface area contributed by atoms with Gasteiger partial charge in [-0.3, -0.25) is 24.4 Å². The molecule has 0 bridgehead atoms. The number of anilines is 1. The lowest BCUT2D eigenvalue weighted by atomic mass is 9.93. The molecule has 5 rings (SSSR count). The van der Waals surface area contributed by atoms with E-state index in [0.29, 0.717) is 37.1 Å². The Balaban J connectivity index is 1.35. The summed E-state index contributed by atoms with van der Waals surface area (Å²) in [6, 6.07) is 6.51. The van der Waals surface area contributed by atoms with E-state index in [2.05, 4.69) is 15.4 Å². The molecule has 0 saturated heterocycles. The van der Waals surface area contributed by atoms with Crippen molar-refractivity contribution in [2.45, 2.75) is 74.7 Å². The van der Waals surface area contributed by atoms with E-state index >= 15 is 0 Å². The van der Waals surface area contributed by atoms with Crippen molar-refractivity contribution in [2.75, 3.05) is 26.0 Å². The minimum atomic E-state index is -3.94. The van der Waals surface area contributed by atoms with Crippen LogP contribution in [0.5, 0.6) is 5.75 Å². The number of fused-ring (bicyclic) bond motifs is 2. The summed E-state index contributed by atoms with van der Waals surface area (Å²) in [6.45, 7) is 2.07. The predicted octanol–water partition coefficient (Wildman–Crippen LogP) is 2.58. The van der Waals surface area contributed by atoms with Crippen molar-refractivity contribution >= 4 is 39.5 Å². The number of hydrogen-bond donors (Lipinski definition) is 3. The second-order valence-corrected chi connectivity index (χ2v) is 14.9. The van der Waals surface area contributed by atoms with Crippen LogP contribution in [0.25, 0.3) is 0 Å². The van der Waals surface area contributed by atoms with E-state index in [-0.39, 0.29) is 30.9 Å². The highest BCUT2D eigenvalue weighted by Crippen LogP contribution is 2.48. The first-order valence-electron chi connectivity index (χ1n) is 15.2. The van der Waals surface area contributed by atoms with Crippen LogP contribution in [0.2, 0.25) is 0 Å². The monoisotopic (exact) mass is 641 g/mol. The molecular weight excluding hydrogens is 602 g/mol. The third kappa shape index (κ3) is 6.63. The van der Waals surface area contributed by atoms with Crippen LogP contribution in [0.15, 0.2) is 30.4 Å². The van der Waals surface area contributed by atoms with E-state index in [1.54, 1.807) is 18.9 Å². The maximum Gasteiger partial charge on any atom is 0.412 e. The van der Waals surface area contributed by atoms with E-state index in [1.807, 2.05) is 18.2 Å². The number of carbonyl (C=O) groups is 4. The van der Waals surface area contributed by atoms with Gasteiger partial charge in [-0.15, -0.1) is 0 Å². The Morgan fingerprint density at radius 2 is 1.89 bits per heavy atom. The quantitative estimate of drug-likeness (QED) is 0.393. The smallest absolute Gasteiger partial charge is 0.412 e. The highest BCUT2D eigenvalue weighted by atomic mass is 32.2. The number of sulfonamides is 1.